The van der Waals surface area contributed by atoms with Gasteiger partial charge in [-0.25, -0.2) is 10.4 Å². The summed E-state index contributed by atoms with van der Waals surface area (Å²) in [5.41, 5.74) is 4.05. The topological polar surface area (TPSA) is 122 Å². The number of aromatic nitrogens is 4. The third-order valence-corrected chi connectivity index (χ3v) is 11.7. The standard InChI is InChI=1S/C27H49N7O2/c1-7-18-22-14-17(35)10-12-27(22,5)21-11-13-26(4)19(8-9-20(26)23(21)24(18)36)15(2)34(6)31-16(3)28-25-29-32-33-30-25/h15-24,31,35-36H,7-14H2,1-6H3,(H2,28,29,30,32,33)/t15-,16+,17+,18+,19?,20?,21?,22-,23?,24+,26+,27+/m0/s1. The van der Waals surface area contributed by atoms with E-state index in [9.17, 15) is 10.2 Å². The lowest BCUT2D eigenvalue weighted by atomic mass is 9.41. The maximum Gasteiger partial charge on any atom is 0.264 e. The Kier molecular flexibility index (Phi) is 7.16. The fourth-order valence-electron chi connectivity index (χ4n) is 9.93. The molecule has 9 nitrogen and oxygen atoms in total. The zero-order valence-electron chi connectivity index (χ0n) is 23.1. The molecule has 36 heavy (non-hydrogen) atoms. The van der Waals surface area contributed by atoms with Gasteiger partial charge < -0.3 is 15.5 Å². The summed E-state index contributed by atoms with van der Waals surface area (Å²) in [6, 6.07) is 0.363. The molecule has 204 valence electrons. The second-order valence-corrected chi connectivity index (χ2v) is 13.2. The monoisotopic (exact) mass is 503 g/mol. The zero-order valence-corrected chi connectivity index (χ0v) is 23.1. The van der Waals surface area contributed by atoms with E-state index in [1.807, 2.05) is 0 Å². The van der Waals surface area contributed by atoms with Gasteiger partial charge in [-0.15, -0.1) is 5.10 Å². The lowest BCUT2D eigenvalue weighted by Crippen LogP contribution is -2.62. The molecule has 0 bridgehead atoms. The van der Waals surface area contributed by atoms with Crippen molar-refractivity contribution in [3.8, 4) is 0 Å². The van der Waals surface area contributed by atoms with Gasteiger partial charge in [0.1, 0.15) is 0 Å². The molecule has 0 spiro atoms. The highest BCUT2D eigenvalue weighted by Gasteiger charge is 2.65. The van der Waals surface area contributed by atoms with Crippen LogP contribution in [-0.2, 0) is 0 Å². The van der Waals surface area contributed by atoms with Crippen molar-refractivity contribution in [2.45, 2.75) is 110 Å². The first-order valence-corrected chi connectivity index (χ1v) is 14.4. The van der Waals surface area contributed by atoms with Gasteiger partial charge in [0.25, 0.3) is 5.95 Å². The quantitative estimate of drug-likeness (QED) is 0.283. The van der Waals surface area contributed by atoms with Crippen molar-refractivity contribution in [2.24, 2.45) is 46.3 Å². The van der Waals surface area contributed by atoms with Gasteiger partial charge in [0, 0.05) is 13.1 Å². The van der Waals surface area contributed by atoms with Gasteiger partial charge in [0.2, 0.25) is 0 Å². The predicted octanol–water partition coefficient (Wildman–Crippen LogP) is 3.41. The number of fused-ring (bicyclic) bond motifs is 5. The lowest BCUT2D eigenvalue weighted by Gasteiger charge is -2.64. The molecule has 5 rings (SSSR count). The second kappa shape index (κ2) is 9.79. The third-order valence-electron chi connectivity index (χ3n) is 11.7. The molecule has 4 aliphatic carbocycles. The first-order valence-electron chi connectivity index (χ1n) is 14.4. The number of aliphatic hydroxyl groups is 2. The highest BCUT2D eigenvalue weighted by atomic mass is 16.3. The number of aliphatic hydroxyl groups excluding tert-OH is 2. The van der Waals surface area contributed by atoms with Gasteiger partial charge in [-0.3, -0.25) is 0 Å². The van der Waals surface area contributed by atoms with Crippen LogP contribution < -0.4 is 10.7 Å². The highest BCUT2D eigenvalue weighted by molar-refractivity contribution is 5.20. The van der Waals surface area contributed by atoms with Crippen molar-refractivity contribution in [1.82, 2.24) is 31.1 Å². The van der Waals surface area contributed by atoms with Gasteiger partial charge >= 0.3 is 0 Å². The number of hydrogen-bond donors (Lipinski definition) is 5. The largest absolute Gasteiger partial charge is 0.393 e. The molecule has 4 fully saturated rings. The molecule has 1 aromatic rings. The molecule has 1 aromatic heterocycles. The lowest BCUT2D eigenvalue weighted by molar-refractivity contribution is -0.203. The summed E-state index contributed by atoms with van der Waals surface area (Å²) in [4.78, 5) is 0. The van der Waals surface area contributed by atoms with Crippen molar-refractivity contribution >= 4 is 5.95 Å². The predicted molar refractivity (Wildman–Crippen MR) is 139 cm³/mol. The van der Waals surface area contributed by atoms with Crippen molar-refractivity contribution in [3.63, 3.8) is 0 Å². The Hall–Kier alpha value is -1.29. The molecule has 1 heterocycles. The summed E-state index contributed by atoms with van der Waals surface area (Å²) in [6.07, 6.45) is 8.37. The van der Waals surface area contributed by atoms with E-state index in [-0.39, 0.29) is 29.2 Å². The highest BCUT2D eigenvalue weighted by Crippen LogP contribution is 2.69. The zero-order chi connectivity index (χ0) is 25.8. The van der Waals surface area contributed by atoms with Crippen LogP contribution in [0.4, 0.5) is 5.95 Å². The van der Waals surface area contributed by atoms with Crippen LogP contribution in [0.2, 0.25) is 0 Å². The molecule has 12 atom stereocenters. The first kappa shape index (κ1) is 26.3. The number of nitrogens with one attached hydrogen (secondary N) is 3. The number of nitrogens with zero attached hydrogens (tertiary/aromatic N) is 4. The smallest absolute Gasteiger partial charge is 0.264 e. The van der Waals surface area contributed by atoms with E-state index in [1.54, 1.807) is 0 Å². The van der Waals surface area contributed by atoms with Crippen LogP contribution in [0.15, 0.2) is 0 Å². The molecular formula is C27H49N7O2. The van der Waals surface area contributed by atoms with Gasteiger partial charge in [0.15, 0.2) is 0 Å². The number of anilines is 1. The number of hydrazine groups is 1. The maximum atomic E-state index is 11.9. The summed E-state index contributed by atoms with van der Waals surface area (Å²) in [5, 5.41) is 42.0. The Balaban J connectivity index is 1.33. The van der Waals surface area contributed by atoms with E-state index in [0.29, 0.717) is 47.5 Å². The molecule has 4 saturated carbocycles. The normalized spacial score (nSPS) is 46.0. The molecule has 0 saturated heterocycles. The van der Waals surface area contributed by atoms with Crippen LogP contribution in [0.25, 0.3) is 0 Å². The van der Waals surface area contributed by atoms with E-state index in [1.165, 1.54) is 25.7 Å². The fourth-order valence-corrected chi connectivity index (χ4v) is 9.93. The van der Waals surface area contributed by atoms with Gasteiger partial charge in [-0.05, 0) is 110 Å². The van der Waals surface area contributed by atoms with E-state index in [0.717, 1.165) is 25.7 Å². The molecule has 0 amide bonds. The molecule has 0 aromatic carbocycles. The molecular weight excluding hydrogens is 454 g/mol. The molecule has 0 radical (unpaired) electrons. The van der Waals surface area contributed by atoms with Gasteiger partial charge in [0.05, 0.1) is 18.4 Å². The Morgan fingerprint density at radius 1 is 1.06 bits per heavy atom. The van der Waals surface area contributed by atoms with E-state index in [4.69, 9.17) is 0 Å². The Morgan fingerprint density at radius 3 is 2.47 bits per heavy atom. The number of hydrogen-bond acceptors (Lipinski definition) is 8. The second-order valence-electron chi connectivity index (χ2n) is 13.2. The summed E-state index contributed by atoms with van der Waals surface area (Å²) < 4.78 is 0. The average molecular weight is 504 g/mol. The minimum Gasteiger partial charge on any atom is -0.393 e. The van der Waals surface area contributed by atoms with Crippen molar-refractivity contribution < 1.29 is 10.2 Å². The minimum absolute atomic E-state index is 0.0280. The summed E-state index contributed by atoms with van der Waals surface area (Å²) in [5.74, 6) is 3.36. The summed E-state index contributed by atoms with van der Waals surface area (Å²) in [7, 11) is 2.14. The van der Waals surface area contributed by atoms with Crippen LogP contribution in [0, 0.1) is 46.3 Å². The summed E-state index contributed by atoms with van der Waals surface area (Å²) >= 11 is 0. The number of rotatable bonds is 7. The van der Waals surface area contributed by atoms with Crippen molar-refractivity contribution in [1.29, 1.82) is 0 Å². The van der Waals surface area contributed by atoms with Crippen molar-refractivity contribution in [3.05, 3.63) is 0 Å². The number of H-pyrrole nitrogens is 1. The van der Waals surface area contributed by atoms with Gasteiger partial charge in [-0.1, -0.05) is 32.3 Å². The van der Waals surface area contributed by atoms with Crippen LogP contribution >= 0.6 is 0 Å². The first-order chi connectivity index (χ1) is 17.1. The van der Waals surface area contributed by atoms with E-state index < -0.39 is 0 Å². The fraction of sp³-hybridized carbons (Fsp3) is 0.963. The van der Waals surface area contributed by atoms with E-state index in [2.05, 4.69) is 78.0 Å². The molecule has 4 unspecified atom stereocenters. The Bertz CT molecular complexity index is 885. The van der Waals surface area contributed by atoms with Gasteiger partial charge in [-0.2, -0.15) is 5.21 Å². The SMILES string of the molecule is CC[C@H]1[C@@H](O)C2C3CCC([C@H](C)N(C)N[C@H](C)Nc4nn[nH]n4)[C@@]3(C)CCC2[C@@]2(C)CC[C@@H](O)C[C@@H]12. The van der Waals surface area contributed by atoms with Crippen LogP contribution in [-0.4, -0.2) is 67.3 Å². The maximum absolute atomic E-state index is 11.9. The molecule has 5 N–H and O–H groups in total. The third kappa shape index (κ3) is 4.18. The number of aromatic amines is 1. The van der Waals surface area contributed by atoms with Crippen LogP contribution in [0.1, 0.15) is 86.0 Å². The van der Waals surface area contributed by atoms with E-state index >= 15 is 0 Å². The van der Waals surface area contributed by atoms with Crippen molar-refractivity contribution in [2.75, 3.05) is 12.4 Å². The Labute approximate surface area is 216 Å². The molecule has 9 heteroatoms. The van der Waals surface area contributed by atoms with Crippen LogP contribution in [0.3, 0.4) is 0 Å². The minimum atomic E-state index is -0.239. The Morgan fingerprint density at radius 2 is 1.78 bits per heavy atom. The number of tetrazole rings is 1. The van der Waals surface area contributed by atoms with Crippen LogP contribution in [0.5, 0.6) is 0 Å². The molecule has 0 aliphatic heterocycles. The summed E-state index contributed by atoms with van der Waals surface area (Å²) in [6.45, 7) is 11.7. The average Bonchev–Trinajstić information content (AvgIpc) is 3.47. The molecule has 4 aliphatic rings.